The number of allylic oxidation sites excluding steroid dienone is 3. The average Bonchev–Trinajstić information content (AvgIpc) is 2.46. The molecule has 0 saturated carbocycles. The number of rotatable bonds is 13. The van der Waals surface area contributed by atoms with Crippen molar-refractivity contribution < 1.29 is 14.3 Å². The van der Waals surface area contributed by atoms with Crippen LogP contribution in [0.15, 0.2) is 24.3 Å². The Morgan fingerprint density at radius 3 is 2.29 bits per heavy atom. The fourth-order valence-electron chi connectivity index (χ4n) is 1.99. The maximum absolute atomic E-state index is 10.9. The van der Waals surface area contributed by atoms with Crippen LogP contribution < -0.4 is 0 Å². The molecule has 0 aliphatic rings. The number of hydrogen-bond donors (Lipinski definition) is 0. The van der Waals surface area contributed by atoms with E-state index in [-0.39, 0.29) is 11.8 Å². The monoisotopic (exact) mass is 294 g/mol. The van der Waals surface area contributed by atoms with Crippen LogP contribution in [-0.2, 0) is 14.3 Å². The molecule has 21 heavy (non-hydrogen) atoms. The van der Waals surface area contributed by atoms with Gasteiger partial charge in [0.25, 0.3) is 0 Å². The second kappa shape index (κ2) is 13.6. The highest BCUT2D eigenvalue weighted by atomic mass is 16.5. The Morgan fingerprint density at radius 1 is 0.952 bits per heavy atom. The Kier molecular flexibility index (Phi) is 12.7. The molecule has 0 amide bonds. The van der Waals surface area contributed by atoms with Gasteiger partial charge >= 0.3 is 5.97 Å². The molecular formula is C18H30O3. The van der Waals surface area contributed by atoms with Gasteiger partial charge in [-0.05, 0) is 39.0 Å². The number of carbonyl (C=O) groups is 2. The quantitative estimate of drug-likeness (QED) is 0.279. The number of ether oxygens (including phenoxy) is 1. The van der Waals surface area contributed by atoms with Crippen molar-refractivity contribution in [2.24, 2.45) is 0 Å². The van der Waals surface area contributed by atoms with Crippen LogP contribution >= 0.6 is 0 Å². The number of ketones is 1. The first-order valence-electron chi connectivity index (χ1n) is 7.94. The standard InChI is InChI=1S/C18H30O3/c1-16(14-15-17(2)19)12-10-8-6-4-5-7-9-11-13-18(20)21-3/h8,10H,1,4-7,9,11-15H2,2-3H3/b10-8+. The summed E-state index contributed by atoms with van der Waals surface area (Å²) in [7, 11) is 1.43. The van der Waals surface area contributed by atoms with E-state index in [9.17, 15) is 9.59 Å². The van der Waals surface area contributed by atoms with Gasteiger partial charge in [0.1, 0.15) is 5.78 Å². The maximum atomic E-state index is 10.9. The lowest BCUT2D eigenvalue weighted by Gasteiger charge is -2.01. The Hall–Kier alpha value is -1.38. The molecule has 0 aromatic rings. The summed E-state index contributed by atoms with van der Waals surface area (Å²) in [5.41, 5.74) is 1.13. The Morgan fingerprint density at radius 2 is 1.62 bits per heavy atom. The van der Waals surface area contributed by atoms with Gasteiger partial charge in [-0.15, -0.1) is 0 Å². The molecule has 0 heterocycles. The summed E-state index contributed by atoms with van der Waals surface area (Å²) in [6.45, 7) is 5.59. The maximum Gasteiger partial charge on any atom is 0.305 e. The summed E-state index contributed by atoms with van der Waals surface area (Å²) in [4.78, 5) is 21.7. The zero-order valence-electron chi connectivity index (χ0n) is 13.7. The second-order valence-corrected chi connectivity index (χ2v) is 5.51. The van der Waals surface area contributed by atoms with Crippen LogP contribution in [0.25, 0.3) is 0 Å². The van der Waals surface area contributed by atoms with Crippen molar-refractivity contribution >= 4 is 11.8 Å². The first kappa shape index (κ1) is 19.6. The van der Waals surface area contributed by atoms with Crippen molar-refractivity contribution in [3.8, 4) is 0 Å². The van der Waals surface area contributed by atoms with Gasteiger partial charge in [0.2, 0.25) is 0 Å². The molecule has 0 bridgehead atoms. The Labute approximate surface area is 129 Å². The number of esters is 1. The predicted molar refractivity (Wildman–Crippen MR) is 87.1 cm³/mol. The summed E-state index contributed by atoms with van der Waals surface area (Å²) in [6, 6.07) is 0. The third-order valence-electron chi connectivity index (χ3n) is 3.38. The van der Waals surface area contributed by atoms with Gasteiger partial charge in [0.05, 0.1) is 7.11 Å². The van der Waals surface area contributed by atoms with Crippen LogP contribution in [0.5, 0.6) is 0 Å². The van der Waals surface area contributed by atoms with Gasteiger partial charge in [-0.1, -0.05) is 43.6 Å². The highest BCUT2D eigenvalue weighted by Crippen LogP contribution is 2.11. The largest absolute Gasteiger partial charge is 0.469 e. The van der Waals surface area contributed by atoms with E-state index >= 15 is 0 Å². The molecule has 3 heteroatoms. The zero-order chi connectivity index (χ0) is 15.9. The molecule has 0 unspecified atom stereocenters. The molecule has 120 valence electrons. The topological polar surface area (TPSA) is 43.4 Å². The molecule has 0 fully saturated rings. The Bertz CT molecular complexity index is 342. The van der Waals surface area contributed by atoms with Crippen LogP contribution in [0.2, 0.25) is 0 Å². The first-order chi connectivity index (χ1) is 10.1. The number of Topliss-reactive ketones (excluding diaryl/α,β-unsaturated/α-hetero) is 1. The zero-order valence-corrected chi connectivity index (χ0v) is 13.7. The molecule has 0 N–H and O–H groups in total. The summed E-state index contributed by atoms with van der Waals surface area (Å²) in [6.07, 6.45) is 13.9. The SMILES string of the molecule is C=C(C/C=C/CCCCCCCC(=O)OC)CCC(C)=O. The van der Waals surface area contributed by atoms with Crippen LogP contribution in [0, 0.1) is 0 Å². The number of methoxy groups -OCH3 is 1. The van der Waals surface area contributed by atoms with Crippen molar-refractivity contribution in [3.63, 3.8) is 0 Å². The molecule has 0 aromatic heterocycles. The molecule has 0 aromatic carbocycles. The summed E-state index contributed by atoms with van der Waals surface area (Å²) >= 11 is 0. The molecule has 3 nitrogen and oxygen atoms in total. The van der Waals surface area contributed by atoms with Crippen molar-refractivity contribution in [3.05, 3.63) is 24.3 Å². The molecule has 0 rings (SSSR count). The van der Waals surface area contributed by atoms with Gasteiger partial charge in [-0.25, -0.2) is 0 Å². The van der Waals surface area contributed by atoms with Crippen LogP contribution in [0.4, 0.5) is 0 Å². The van der Waals surface area contributed by atoms with Crippen LogP contribution in [0.1, 0.15) is 71.1 Å². The number of unbranched alkanes of at least 4 members (excludes halogenated alkanes) is 5. The van der Waals surface area contributed by atoms with Gasteiger partial charge in [-0.2, -0.15) is 0 Å². The lowest BCUT2D eigenvalue weighted by Crippen LogP contribution is -1.99. The first-order valence-corrected chi connectivity index (χ1v) is 7.94. The van der Waals surface area contributed by atoms with E-state index in [0.717, 1.165) is 37.7 Å². The van der Waals surface area contributed by atoms with Gasteiger partial charge < -0.3 is 9.53 Å². The minimum Gasteiger partial charge on any atom is -0.469 e. The fraction of sp³-hybridized carbons (Fsp3) is 0.667. The van der Waals surface area contributed by atoms with E-state index in [1.165, 1.54) is 26.4 Å². The predicted octanol–water partition coefficient (Wildman–Crippen LogP) is 4.76. The Balaban J connectivity index is 3.34. The van der Waals surface area contributed by atoms with Gasteiger partial charge in [0, 0.05) is 12.8 Å². The van der Waals surface area contributed by atoms with E-state index < -0.39 is 0 Å². The lowest BCUT2D eigenvalue weighted by atomic mass is 10.1. The van der Waals surface area contributed by atoms with E-state index in [1.54, 1.807) is 6.92 Å². The molecule has 0 aliphatic carbocycles. The third kappa shape index (κ3) is 14.8. The molecule has 0 radical (unpaired) electrons. The van der Waals surface area contributed by atoms with Gasteiger partial charge in [-0.3, -0.25) is 4.79 Å². The number of hydrogen-bond acceptors (Lipinski definition) is 3. The van der Waals surface area contributed by atoms with E-state index in [0.29, 0.717) is 12.8 Å². The fourth-order valence-corrected chi connectivity index (χ4v) is 1.99. The highest BCUT2D eigenvalue weighted by Gasteiger charge is 1.99. The summed E-state index contributed by atoms with van der Waals surface area (Å²) < 4.78 is 4.60. The minimum absolute atomic E-state index is 0.108. The third-order valence-corrected chi connectivity index (χ3v) is 3.38. The van der Waals surface area contributed by atoms with Crippen LogP contribution in [0.3, 0.4) is 0 Å². The van der Waals surface area contributed by atoms with Crippen molar-refractivity contribution in [1.29, 1.82) is 0 Å². The molecule has 0 spiro atoms. The average molecular weight is 294 g/mol. The minimum atomic E-state index is -0.108. The van der Waals surface area contributed by atoms with E-state index in [2.05, 4.69) is 23.5 Å². The summed E-state index contributed by atoms with van der Waals surface area (Å²) in [5, 5.41) is 0. The van der Waals surface area contributed by atoms with Crippen molar-refractivity contribution in [2.45, 2.75) is 71.1 Å². The molecule has 0 saturated heterocycles. The molecule has 0 aliphatic heterocycles. The van der Waals surface area contributed by atoms with Crippen molar-refractivity contribution in [2.75, 3.05) is 7.11 Å². The summed E-state index contributed by atoms with van der Waals surface area (Å²) in [5.74, 6) is 0.121. The van der Waals surface area contributed by atoms with E-state index in [1.807, 2.05) is 0 Å². The molecule has 0 atom stereocenters. The lowest BCUT2D eigenvalue weighted by molar-refractivity contribution is -0.140. The van der Waals surface area contributed by atoms with Crippen molar-refractivity contribution in [1.82, 2.24) is 0 Å². The van der Waals surface area contributed by atoms with Crippen LogP contribution in [-0.4, -0.2) is 18.9 Å². The van der Waals surface area contributed by atoms with Gasteiger partial charge in [0.15, 0.2) is 0 Å². The highest BCUT2D eigenvalue weighted by molar-refractivity contribution is 5.75. The normalized spacial score (nSPS) is 10.8. The second-order valence-electron chi connectivity index (χ2n) is 5.51. The number of carbonyl (C=O) groups excluding carboxylic acids is 2. The van der Waals surface area contributed by atoms with E-state index in [4.69, 9.17) is 0 Å². The molecular weight excluding hydrogens is 264 g/mol. The smallest absolute Gasteiger partial charge is 0.305 e.